The van der Waals surface area contributed by atoms with Crippen LogP contribution in [0.5, 0.6) is 0 Å². The van der Waals surface area contributed by atoms with Gasteiger partial charge in [-0.25, -0.2) is 18.1 Å². The van der Waals surface area contributed by atoms with Crippen LogP contribution in [0.25, 0.3) is 22.0 Å². The number of fused-ring (bicyclic) bond motifs is 1. The lowest BCUT2D eigenvalue weighted by molar-refractivity contribution is -0.120. The maximum atomic E-state index is 13.8. The highest BCUT2D eigenvalue weighted by molar-refractivity contribution is 7.90. The van der Waals surface area contributed by atoms with E-state index in [9.17, 15) is 18.0 Å². The topological polar surface area (TPSA) is 111 Å². The molecule has 4 aromatic rings. The van der Waals surface area contributed by atoms with E-state index in [2.05, 4.69) is 16.5 Å². The van der Waals surface area contributed by atoms with E-state index in [1.807, 2.05) is 42.5 Å². The number of sulfonamides is 1. The molecular weight excluding hydrogens is 552 g/mol. The molecule has 0 atom stereocenters. The first-order valence-electron chi connectivity index (χ1n) is 14.5. The number of hydrogen-bond acceptors (Lipinski definition) is 7. The molecule has 3 aromatic carbocycles. The van der Waals surface area contributed by atoms with Gasteiger partial charge < -0.3 is 9.64 Å². The number of carbonyl (C=O) groups excluding carboxylic acids is 1. The van der Waals surface area contributed by atoms with Crippen molar-refractivity contribution in [2.24, 2.45) is 5.92 Å². The zero-order valence-electron chi connectivity index (χ0n) is 23.6. The van der Waals surface area contributed by atoms with Crippen molar-refractivity contribution in [2.75, 3.05) is 31.2 Å². The van der Waals surface area contributed by atoms with Gasteiger partial charge in [-0.05, 0) is 54.7 Å². The summed E-state index contributed by atoms with van der Waals surface area (Å²) >= 11 is 0. The number of amides is 1. The Morgan fingerprint density at radius 1 is 1.02 bits per heavy atom. The summed E-state index contributed by atoms with van der Waals surface area (Å²) in [6, 6.07) is 20.0. The number of aromatic nitrogens is 2. The normalized spacial score (nSPS) is 15.6. The van der Waals surface area contributed by atoms with Crippen molar-refractivity contribution in [3.63, 3.8) is 0 Å². The lowest BCUT2D eigenvalue weighted by Gasteiger charge is -2.29. The molecule has 1 saturated carbocycles. The minimum absolute atomic E-state index is 0.0583. The van der Waals surface area contributed by atoms with E-state index in [0.29, 0.717) is 48.2 Å². The van der Waals surface area contributed by atoms with Crippen molar-refractivity contribution in [3.05, 3.63) is 88.5 Å². The molecule has 1 saturated heterocycles. The molecule has 6 rings (SSSR count). The zero-order valence-corrected chi connectivity index (χ0v) is 24.4. The monoisotopic (exact) mass is 586 g/mol. The molecule has 10 heteroatoms. The number of nitrogens with one attached hydrogen (secondary N) is 1. The van der Waals surface area contributed by atoms with Gasteiger partial charge in [-0.2, -0.15) is 0 Å². The Hall–Kier alpha value is -4.02. The molecule has 1 aliphatic heterocycles. The van der Waals surface area contributed by atoms with Crippen LogP contribution < -0.4 is 15.2 Å². The highest BCUT2D eigenvalue weighted by Gasteiger charge is 2.33. The second-order valence-electron chi connectivity index (χ2n) is 10.9. The number of benzene rings is 3. The number of rotatable bonds is 9. The molecule has 0 radical (unpaired) electrons. The SMILES string of the molecule is CCCc1nc2ccc(N3CCOCC3)cc2c(=O)n1Cc1ccc(-c2ccccc2S(=O)(=O)NC(=O)C2CC2)cc1. The van der Waals surface area contributed by atoms with E-state index in [4.69, 9.17) is 9.72 Å². The van der Waals surface area contributed by atoms with Crippen LogP contribution in [0, 0.1) is 5.92 Å². The Kier molecular flexibility index (Phi) is 7.83. The summed E-state index contributed by atoms with van der Waals surface area (Å²) in [6.07, 6.45) is 2.96. The Morgan fingerprint density at radius 3 is 2.48 bits per heavy atom. The van der Waals surface area contributed by atoms with Crippen LogP contribution in [-0.2, 0) is 32.5 Å². The first-order chi connectivity index (χ1) is 20.3. The molecule has 9 nitrogen and oxygen atoms in total. The highest BCUT2D eigenvalue weighted by atomic mass is 32.2. The lowest BCUT2D eigenvalue weighted by Crippen LogP contribution is -2.36. The van der Waals surface area contributed by atoms with E-state index in [1.54, 1.807) is 22.8 Å². The molecule has 0 bridgehead atoms. The molecular formula is C32H34N4O5S. The van der Waals surface area contributed by atoms with Gasteiger partial charge >= 0.3 is 0 Å². The van der Waals surface area contributed by atoms with Crippen LogP contribution >= 0.6 is 0 Å². The van der Waals surface area contributed by atoms with Gasteiger partial charge in [0.05, 0.1) is 35.6 Å². The number of nitrogens with zero attached hydrogens (tertiary/aromatic N) is 3. The molecule has 218 valence electrons. The average molecular weight is 587 g/mol. The van der Waals surface area contributed by atoms with E-state index in [1.165, 1.54) is 6.07 Å². The van der Waals surface area contributed by atoms with Crippen LogP contribution in [0.3, 0.4) is 0 Å². The van der Waals surface area contributed by atoms with Crippen LogP contribution in [0.2, 0.25) is 0 Å². The Labute approximate surface area is 245 Å². The summed E-state index contributed by atoms with van der Waals surface area (Å²) in [4.78, 5) is 33.2. The number of aryl methyl sites for hydroxylation is 1. The number of hydrogen-bond donors (Lipinski definition) is 1. The third-order valence-corrected chi connectivity index (χ3v) is 9.24. The van der Waals surface area contributed by atoms with Crippen LogP contribution in [-0.4, -0.2) is 50.2 Å². The number of ether oxygens (including phenoxy) is 1. The second-order valence-corrected chi connectivity index (χ2v) is 12.6. The van der Waals surface area contributed by atoms with Crippen molar-refractivity contribution in [3.8, 4) is 11.1 Å². The van der Waals surface area contributed by atoms with Crippen molar-refractivity contribution < 1.29 is 17.9 Å². The standard InChI is InChI=1S/C32H34N4O5S/c1-2-5-30-33-28-15-14-25(35-16-18-41-19-17-35)20-27(28)32(38)36(30)21-22-8-10-23(11-9-22)26-6-3-4-7-29(26)42(39,40)34-31(37)24-12-13-24/h3-4,6-11,14-15,20,24H,2,5,12-13,16-19,21H2,1H3,(H,34,37). The number of anilines is 1. The highest BCUT2D eigenvalue weighted by Crippen LogP contribution is 2.31. The Morgan fingerprint density at radius 2 is 1.76 bits per heavy atom. The molecule has 2 aliphatic rings. The Bertz CT molecular complexity index is 1790. The molecule has 1 aromatic heterocycles. The first kappa shape index (κ1) is 28.1. The fourth-order valence-corrected chi connectivity index (χ4v) is 6.65. The van der Waals surface area contributed by atoms with Gasteiger partial charge in [0.1, 0.15) is 5.82 Å². The smallest absolute Gasteiger partial charge is 0.264 e. The number of morpholine rings is 1. The van der Waals surface area contributed by atoms with Gasteiger partial charge in [0.15, 0.2) is 0 Å². The second kappa shape index (κ2) is 11.7. The van der Waals surface area contributed by atoms with Crippen LogP contribution in [0.15, 0.2) is 76.4 Å². The van der Waals surface area contributed by atoms with Gasteiger partial charge in [-0.1, -0.05) is 49.4 Å². The third kappa shape index (κ3) is 5.82. The molecule has 2 fully saturated rings. The summed E-state index contributed by atoms with van der Waals surface area (Å²) < 4.78 is 35.6. The minimum atomic E-state index is -4.02. The van der Waals surface area contributed by atoms with Crippen molar-refractivity contribution >= 4 is 32.5 Å². The molecule has 1 aliphatic carbocycles. The summed E-state index contributed by atoms with van der Waals surface area (Å²) in [6.45, 7) is 5.30. The van der Waals surface area contributed by atoms with Crippen molar-refractivity contribution in [1.82, 2.24) is 14.3 Å². The van der Waals surface area contributed by atoms with E-state index >= 15 is 0 Å². The first-order valence-corrected chi connectivity index (χ1v) is 15.9. The summed E-state index contributed by atoms with van der Waals surface area (Å²) in [5, 5.41) is 0.586. The largest absolute Gasteiger partial charge is 0.378 e. The van der Waals surface area contributed by atoms with Crippen LogP contribution in [0.4, 0.5) is 5.69 Å². The van der Waals surface area contributed by atoms with Gasteiger partial charge in [-0.15, -0.1) is 0 Å². The molecule has 1 amide bonds. The van der Waals surface area contributed by atoms with Crippen LogP contribution in [0.1, 0.15) is 37.6 Å². The zero-order chi connectivity index (χ0) is 29.3. The molecule has 0 unspecified atom stereocenters. The lowest BCUT2D eigenvalue weighted by atomic mass is 10.0. The Balaban J connectivity index is 1.30. The summed E-state index contributed by atoms with van der Waals surface area (Å²) in [5.74, 6) is 0.0679. The predicted molar refractivity (Wildman–Crippen MR) is 162 cm³/mol. The van der Waals surface area contributed by atoms with Gasteiger partial charge in [0.2, 0.25) is 5.91 Å². The van der Waals surface area contributed by atoms with E-state index in [0.717, 1.165) is 49.4 Å². The molecule has 2 heterocycles. The maximum Gasteiger partial charge on any atom is 0.264 e. The number of carbonyl (C=O) groups is 1. The van der Waals surface area contributed by atoms with E-state index < -0.39 is 15.9 Å². The summed E-state index contributed by atoms with van der Waals surface area (Å²) in [5.41, 5.74) is 3.71. The predicted octanol–water partition coefficient (Wildman–Crippen LogP) is 4.12. The average Bonchev–Trinajstić information content (AvgIpc) is 3.86. The molecule has 42 heavy (non-hydrogen) atoms. The van der Waals surface area contributed by atoms with Gasteiger partial charge in [0.25, 0.3) is 15.6 Å². The van der Waals surface area contributed by atoms with Gasteiger partial charge in [0, 0.05) is 36.7 Å². The van der Waals surface area contributed by atoms with Crippen molar-refractivity contribution in [2.45, 2.75) is 44.0 Å². The fourth-order valence-electron chi connectivity index (χ4n) is 5.38. The third-order valence-electron chi connectivity index (χ3n) is 7.83. The molecule has 1 N–H and O–H groups in total. The fraction of sp³-hybridized carbons (Fsp3) is 0.344. The minimum Gasteiger partial charge on any atom is -0.378 e. The summed E-state index contributed by atoms with van der Waals surface area (Å²) in [7, 11) is -4.02. The van der Waals surface area contributed by atoms with Crippen molar-refractivity contribution in [1.29, 1.82) is 0 Å². The molecule has 0 spiro atoms. The van der Waals surface area contributed by atoms with E-state index in [-0.39, 0.29) is 16.4 Å². The maximum absolute atomic E-state index is 13.8. The quantitative estimate of drug-likeness (QED) is 0.314. The van der Waals surface area contributed by atoms with Gasteiger partial charge in [-0.3, -0.25) is 14.2 Å².